The molecule has 9 nitrogen and oxygen atoms in total. The number of hydrogen-bond donors (Lipinski definition) is 2. The Kier molecular flexibility index (Phi) is 7.48. The summed E-state index contributed by atoms with van der Waals surface area (Å²) in [6, 6.07) is 16.8. The number of benzene rings is 2. The van der Waals surface area contributed by atoms with Gasteiger partial charge in [-0.3, -0.25) is 14.9 Å². The molecule has 3 N–H and O–H groups in total. The standard InChI is InChI=1S/C23H20N4O5S/c1-2-32-23(29)20-19(14-6-4-3-5-7-14)17(12-24)22(33-13-18(25)28)26-21(20)15-8-10-16(11-9-15)27(30)31/h3-11,19,26H,2,13H2,1H3,(H2,25,28). The third-order valence-corrected chi connectivity index (χ3v) is 5.84. The van der Waals surface area contributed by atoms with Crippen LogP contribution in [0.2, 0.25) is 0 Å². The van der Waals surface area contributed by atoms with Gasteiger partial charge in [-0.2, -0.15) is 5.26 Å². The molecule has 0 radical (unpaired) electrons. The molecule has 168 valence electrons. The van der Waals surface area contributed by atoms with Crippen molar-refractivity contribution in [3.05, 3.63) is 92.0 Å². The van der Waals surface area contributed by atoms with Crippen LogP contribution in [0.4, 0.5) is 5.69 Å². The van der Waals surface area contributed by atoms with Crippen LogP contribution in [0.25, 0.3) is 5.70 Å². The van der Waals surface area contributed by atoms with Gasteiger partial charge in [0.1, 0.15) is 0 Å². The van der Waals surface area contributed by atoms with Gasteiger partial charge in [0, 0.05) is 12.1 Å². The molecule has 0 aromatic heterocycles. The van der Waals surface area contributed by atoms with E-state index >= 15 is 0 Å². The Hall–Kier alpha value is -4.10. The number of carbonyl (C=O) groups excluding carboxylic acids is 2. The van der Waals surface area contributed by atoms with Crippen molar-refractivity contribution >= 4 is 35.0 Å². The molecule has 1 amide bonds. The van der Waals surface area contributed by atoms with Crippen LogP contribution in [0.1, 0.15) is 24.0 Å². The van der Waals surface area contributed by atoms with E-state index in [1.54, 1.807) is 31.2 Å². The Morgan fingerprint density at radius 2 is 1.88 bits per heavy atom. The lowest BCUT2D eigenvalue weighted by molar-refractivity contribution is -0.384. The zero-order chi connectivity index (χ0) is 24.0. The van der Waals surface area contributed by atoms with E-state index in [4.69, 9.17) is 10.5 Å². The van der Waals surface area contributed by atoms with E-state index in [2.05, 4.69) is 11.4 Å². The summed E-state index contributed by atoms with van der Waals surface area (Å²) in [5.41, 5.74) is 7.12. The predicted octanol–water partition coefficient (Wildman–Crippen LogP) is 3.21. The minimum absolute atomic E-state index is 0.0860. The van der Waals surface area contributed by atoms with Crippen molar-refractivity contribution in [1.82, 2.24) is 5.32 Å². The number of hydrogen-bond acceptors (Lipinski definition) is 8. The monoisotopic (exact) mass is 464 g/mol. The number of nitrogens with one attached hydrogen (secondary N) is 1. The number of carbonyl (C=O) groups is 2. The first-order valence-corrected chi connectivity index (χ1v) is 10.9. The fraction of sp³-hybridized carbons (Fsp3) is 0.174. The zero-order valence-electron chi connectivity index (χ0n) is 17.6. The van der Waals surface area contributed by atoms with Crippen LogP contribution in [0.5, 0.6) is 0 Å². The number of ether oxygens (including phenoxy) is 1. The number of thioether (sulfide) groups is 1. The van der Waals surface area contributed by atoms with Gasteiger partial charge < -0.3 is 15.8 Å². The number of nitrogens with zero attached hydrogens (tertiary/aromatic N) is 2. The van der Waals surface area contributed by atoms with Crippen molar-refractivity contribution in [3.63, 3.8) is 0 Å². The maximum absolute atomic E-state index is 13.1. The molecular formula is C23H20N4O5S. The van der Waals surface area contributed by atoms with Gasteiger partial charge in [-0.25, -0.2) is 4.79 Å². The van der Waals surface area contributed by atoms with Crippen molar-refractivity contribution in [3.8, 4) is 6.07 Å². The first-order chi connectivity index (χ1) is 15.9. The van der Waals surface area contributed by atoms with Gasteiger partial charge >= 0.3 is 5.97 Å². The topological polar surface area (TPSA) is 148 Å². The Morgan fingerprint density at radius 1 is 1.21 bits per heavy atom. The Morgan fingerprint density at radius 3 is 2.42 bits per heavy atom. The number of amides is 1. The van der Waals surface area contributed by atoms with Gasteiger partial charge in [0.15, 0.2) is 0 Å². The van der Waals surface area contributed by atoms with Crippen LogP contribution in [0, 0.1) is 21.4 Å². The summed E-state index contributed by atoms with van der Waals surface area (Å²) in [7, 11) is 0. The SMILES string of the molecule is CCOC(=O)C1=C(c2ccc([N+](=O)[O-])cc2)NC(SCC(N)=O)=C(C#N)C1c1ccccc1. The van der Waals surface area contributed by atoms with Crippen molar-refractivity contribution in [2.75, 3.05) is 12.4 Å². The molecule has 3 rings (SSSR count). The van der Waals surface area contributed by atoms with Crippen molar-refractivity contribution in [1.29, 1.82) is 5.26 Å². The second kappa shape index (κ2) is 10.5. The van der Waals surface area contributed by atoms with Gasteiger partial charge in [-0.15, -0.1) is 0 Å². The molecule has 1 unspecified atom stereocenters. The van der Waals surface area contributed by atoms with E-state index in [1.165, 1.54) is 24.3 Å². The van der Waals surface area contributed by atoms with Gasteiger partial charge in [0.05, 0.1) is 51.1 Å². The van der Waals surface area contributed by atoms with Crippen LogP contribution < -0.4 is 11.1 Å². The van der Waals surface area contributed by atoms with E-state index < -0.39 is 22.7 Å². The average molecular weight is 465 g/mol. The fourth-order valence-corrected chi connectivity index (χ4v) is 4.21. The largest absolute Gasteiger partial charge is 0.463 e. The molecule has 0 fully saturated rings. The third kappa shape index (κ3) is 5.22. The molecule has 0 spiro atoms. The predicted molar refractivity (Wildman–Crippen MR) is 123 cm³/mol. The first-order valence-electron chi connectivity index (χ1n) is 9.90. The molecule has 1 heterocycles. The quantitative estimate of drug-likeness (QED) is 0.344. The minimum atomic E-state index is -0.780. The molecule has 1 atom stereocenters. The number of nitrogens with two attached hydrogens (primary N) is 1. The van der Waals surface area contributed by atoms with E-state index in [0.29, 0.717) is 21.9 Å². The summed E-state index contributed by atoms with van der Waals surface area (Å²) in [5, 5.41) is 24.5. The number of nitro groups is 1. The average Bonchev–Trinajstić information content (AvgIpc) is 2.82. The van der Waals surface area contributed by atoms with Crippen LogP contribution in [-0.2, 0) is 14.3 Å². The molecule has 33 heavy (non-hydrogen) atoms. The van der Waals surface area contributed by atoms with Gasteiger partial charge in [-0.1, -0.05) is 42.1 Å². The van der Waals surface area contributed by atoms with Crippen molar-refractivity contribution in [2.24, 2.45) is 5.73 Å². The molecule has 0 saturated heterocycles. The number of non-ortho nitro benzene ring substituents is 1. The second-order valence-electron chi connectivity index (χ2n) is 6.89. The lowest BCUT2D eigenvalue weighted by Gasteiger charge is -2.30. The summed E-state index contributed by atoms with van der Waals surface area (Å²) < 4.78 is 5.32. The Balaban J connectivity index is 2.26. The molecule has 0 aliphatic carbocycles. The highest BCUT2D eigenvalue weighted by Crippen LogP contribution is 2.43. The van der Waals surface area contributed by atoms with Crippen molar-refractivity contribution < 1.29 is 19.2 Å². The van der Waals surface area contributed by atoms with E-state index in [9.17, 15) is 25.0 Å². The lowest BCUT2D eigenvalue weighted by atomic mass is 9.81. The summed E-state index contributed by atoms with van der Waals surface area (Å²) in [6.07, 6.45) is 0. The number of nitro benzene ring substituents is 1. The molecule has 1 aliphatic heterocycles. The van der Waals surface area contributed by atoms with Crippen LogP contribution >= 0.6 is 11.8 Å². The van der Waals surface area contributed by atoms with Crippen LogP contribution in [0.15, 0.2) is 70.8 Å². The lowest BCUT2D eigenvalue weighted by Crippen LogP contribution is -2.29. The highest BCUT2D eigenvalue weighted by Gasteiger charge is 2.37. The number of primary amides is 1. The van der Waals surface area contributed by atoms with Crippen LogP contribution in [0.3, 0.4) is 0 Å². The number of nitriles is 1. The number of rotatable bonds is 8. The fourth-order valence-electron chi connectivity index (χ4n) is 3.43. The molecule has 0 bridgehead atoms. The van der Waals surface area contributed by atoms with Gasteiger partial charge in [-0.05, 0) is 30.2 Å². The summed E-state index contributed by atoms with van der Waals surface area (Å²) >= 11 is 1.05. The van der Waals surface area contributed by atoms with E-state index in [1.807, 2.05) is 6.07 Å². The molecule has 2 aromatic rings. The number of dihydropyridines is 1. The first kappa shape index (κ1) is 23.6. The number of esters is 1. The van der Waals surface area contributed by atoms with E-state index in [-0.39, 0.29) is 29.2 Å². The highest BCUT2D eigenvalue weighted by atomic mass is 32.2. The minimum Gasteiger partial charge on any atom is -0.463 e. The Labute approximate surface area is 194 Å². The van der Waals surface area contributed by atoms with Crippen LogP contribution in [-0.4, -0.2) is 29.2 Å². The van der Waals surface area contributed by atoms with E-state index in [0.717, 1.165) is 11.8 Å². The molecule has 0 saturated carbocycles. The second-order valence-corrected chi connectivity index (χ2v) is 7.88. The third-order valence-electron chi connectivity index (χ3n) is 4.80. The maximum Gasteiger partial charge on any atom is 0.337 e. The van der Waals surface area contributed by atoms with Crippen molar-refractivity contribution in [2.45, 2.75) is 12.8 Å². The smallest absolute Gasteiger partial charge is 0.337 e. The Bertz CT molecular complexity index is 1180. The molecule has 10 heteroatoms. The molecular weight excluding hydrogens is 444 g/mol. The summed E-state index contributed by atoms with van der Waals surface area (Å²) in [6.45, 7) is 1.79. The zero-order valence-corrected chi connectivity index (χ0v) is 18.4. The number of allylic oxidation sites excluding steroid dienone is 1. The molecule has 2 aromatic carbocycles. The van der Waals surface area contributed by atoms with Gasteiger partial charge in [0.2, 0.25) is 5.91 Å². The highest BCUT2D eigenvalue weighted by molar-refractivity contribution is 8.03. The molecule has 1 aliphatic rings. The normalized spacial score (nSPS) is 15.5. The van der Waals surface area contributed by atoms with Gasteiger partial charge in [0.25, 0.3) is 5.69 Å². The summed E-state index contributed by atoms with van der Waals surface area (Å²) in [5.74, 6) is -2.06. The summed E-state index contributed by atoms with van der Waals surface area (Å²) in [4.78, 5) is 35.1. The maximum atomic E-state index is 13.1.